The fourth-order valence-electron chi connectivity index (χ4n) is 4.07. The van der Waals surface area contributed by atoms with Gasteiger partial charge in [-0.1, -0.05) is 35.1 Å². The summed E-state index contributed by atoms with van der Waals surface area (Å²) in [6.45, 7) is 3.89. The fraction of sp³-hybridized carbons (Fsp3) is 0.273. The number of rotatable bonds is 3. The molecule has 0 spiro atoms. The number of nitrogens with zero attached hydrogens (tertiary/aromatic N) is 4. The van der Waals surface area contributed by atoms with Crippen LogP contribution in [0.4, 0.5) is 5.13 Å². The number of hydrogen-bond donors (Lipinski definition) is 0. The summed E-state index contributed by atoms with van der Waals surface area (Å²) in [6, 6.07) is 11.5. The van der Waals surface area contributed by atoms with E-state index in [1.54, 1.807) is 47.4 Å². The number of fused-ring (bicyclic) bond motifs is 2. The molecule has 3 heterocycles. The van der Waals surface area contributed by atoms with Crippen molar-refractivity contribution in [1.29, 1.82) is 0 Å². The number of piperazine rings is 1. The van der Waals surface area contributed by atoms with Crippen molar-refractivity contribution in [1.82, 2.24) is 14.8 Å². The molecule has 3 aromatic rings. The van der Waals surface area contributed by atoms with E-state index >= 15 is 0 Å². The largest absolute Gasteiger partial charge is 0.345 e. The molecule has 2 aliphatic rings. The summed E-state index contributed by atoms with van der Waals surface area (Å²) in [7, 11) is 0. The summed E-state index contributed by atoms with van der Waals surface area (Å²) in [6.07, 6.45) is 0. The molecule has 9 heteroatoms. The second-order valence-electron chi connectivity index (χ2n) is 7.62. The number of thiazole rings is 1. The first kappa shape index (κ1) is 20.0. The van der Waals surface area contributed by atoms with E-state index in [0.29, 0.717) is 42.3 Å². The topological polar surface area (TPSA) is 73.8 Å². The zero-order valence-electron chi connectivity index (χ0n) is 16.7. The summed E-state index contributed by atoms with van der Waals surface area (Å²) in [4.78, 5) is 48.1. The van der Waals surface area contributed by atoms with Crippen LogP contribution in [0.2, 0.25) is 5.02 Å². The van der Waals surface area contributed by atoms with E-state index in [1.165, 1.54) is 0 Å². The number of halogens is 1. The van der Waals surface area contributed by atoms with Crippen molar-refractivity contribution in [2.75, 3.05) is 31.1 Å². The molecule has 2 aliphatic heterocycles. The van der Waals surface area contributed by atoms with Crippen LogP contribution in [0.3, 0.4) is 0 Å². The predicted molar refractivity (Wildman–Crippen MR) is 120 cm³/mol. The van der Waals surface area contributed by atoms with Crippen molar-refractivity contribution in [3.63, 3.8) is 0 Å². The second-order valence-corrected chi connectivity index (χ2v) is 9.07. The number of aromatic nitrogens is 1. The second kappa shape index (κ2) is 7.62. The smallest absolute Gasteiger partial charge is 0.262 e. The monoisotopic (exact) mass is 454 g/mol. The first-order valence-corrected chi connectivity index (χ1v) is 11.2. The molecule has 1 unspecified atom stereocenters. The highest BCUT2D eigenvalue weighted by atomic mass is 35.5. The summed E-state index contributed by atoms with van der Waals surface area (Å²) in [5.74, 6) is -1.04. The SMILES string of the molecule is CC(C(=O)N1CCN(c2nc3ccc(Cl)cc3s2)CC1)N1C(=O)c2ccccc2C1=O. The molecule has 0 bridgehead atoms. The van der Waals surface area contributed by atoms with Gasteiger partial charge in [0.2, 0.25) is 5.91 Å². The van der Waals surface area contributed by atoms with Crippen LogP contribution in [0.15, 0.2) is 42.5 Å². The maximum atomic E-state index is 13.1. The highest BCUT2D eigenvalue weighted by molar-refractivity contribution is 7.22. The number of hydrogen-bond acceptors (Lipinski definition) is 6. The standard InChI is InChI=1S/C22H19ClN4O3S/c1-13(27-20(29)15-4-2-3-5-16(15)21(27)30)19(28)25-8-10-26(11-9-25)22-24-17-7-6-14(23)12-18(17)31-22/h2-7,12-13H,8-11H2,1H3. The third kappa shape index (κ3) is 3.36. The minimum atomic E-state index is -0.844. The van der Waals surface area contributed by atoms with E-state index in [2.05, 4.69) is 9.88 Å². The Morgan fingerprint density at radius 2 is 1.68 bits per heavy atom. The molecule has 0 radical (unpaired) electrons. The lowest BCUT2D eigenvalue weighted by Crippen LogP contribution is -2.55. The Bertz CT molecular complexity index is 1180. The average molecular weight is 455 g/mol. The van der Waals surface area contributed by atoms with Crippen molar-refractivity contribution in [2.24, 2.45) is 0 Å². The number of imide groups is 1. The van der Waals surface area contributed by atoms with Crippen LogP contribution in [-0.2, 0) is 4.79 Å². The fourth-order valence-corrected chi connectivity index (χ4v) is 5.37. The zero-order valence-corrected chi connectivity index (χ0v) is 18.3. The zero-order chi connectivity index (χ0) is 21.7. The Hall–Kier alpha value is -2.97. The van der Waals surface area contributed by atoms with Gasteiger partial charge in [0.05, 0.1) is 21.3 Å². The van der Waals surface area contributed by atoms with Crippen molar-refractivity contribution < 1.29 is 14.4 Å². The molecule has 0 saturated carbocycles. The van der Waals surface area contributed by atoms with Gasteiger partial charge >= 0.3 is 0 Å². The minimum Gasteiger partial charge on any atom is -0.345 e. The van der Waals surface area contributed by atoms with Crippen LogP contribution >= 0.6 is 22.9 Å². The molecule has 1 aromatic heterocycles. The molecule has 3 amide bonds. The lowest BCUT2D eigenvalue weighted by atomic mass is 10.1. The van der Waals surface area contributed by atoms with Crippen molar-refractivity contribution in [2.45, 2.75) is 13.0 Å². The van der Waals surface area contributed by atoms with Crippen molar-refractivity contribution in [3.05, 3.63) is 58.6 Å². The maximum Gasteiger partial charge on any atom is 0.262 e. The number of benzene rings is 2. The van der Waals surface area contributed by atoms with Crippen LogP contribution in [-0.4, -0.2) is 64.7 Å². The molecule has 5 rings (SSSR count). The highest BCUT2D eigenvalue weighted by Gasteiger charge is 2.42. The number of carbonyl (C=O) groups excluding carboxylic acids is 3. The molecule has 158 valence electrons. The molecule has 7 nitrogen and oxygen atoms in total. The van der Waals surface area contributed by atoms with Gasteiger partial charge in [-0.05, 0) is 37.3 Å². The quantitative estimate of drug-likeness (QED) is 0.568. The highest BCUT2D eigenvalue weighted by Crippen LogP contribution is 2.31. The molecule has 31 heavy (non-hydrogen) atoms. The van der Waals surface area contributed by atoms with E-state index in [1.807, 2.05) is 18.2 Å². The Balaban J connectivity index is 1.26. The summed E-state index contributed by atoms with van der Waals surface area (Å²) >= 11 is 7.65. The van der Waals surface area contributed by atoms with Crippen molar-refractivity contribution in [3.8, 4) is 0 Å². The van der Waals surface area contributed by atoms with Crippen LogP contribution in [0.25, 0.3) is 10.2 Å². The first-order chi connectivity index (χ1) is 14.9. The Kier molecular flexibility index (Phi) is 4.91. The van der Waals surface area contributed by atoms with Gasteiger partial charge in [0, 0.05) is 31.2 Å². The maximum absolute atomic E-state index is 13.1. The summed E-state index contributed by atoms with van der Waals surface area (Å²) in [5, 5.41) is 1.58. The van der Waals surface area contributed by atoms with Gasteiger partial charge in [-0.15, -0.1) is 0 Å². The Morgan fingerprint density at radius 1 is 1.03 bits per heavy atom. The van der Waals surface area contributed by atoms with Crippen molar-refractivity contribution >= 4 is 56.0 Å². The van der Waals surface area contributed by atoms with E-state index in [9.17, 15) is 14.4 Å². The first-order valence-electron chi connectivity index (χ1n) is 10.0. The molecule has 0 aliphatic carbocycles. The lowest BCUT2D eigenvalue weighted by molar-refractivity contribution is -0.135. The van der Waals surface area contributed by atoms with Gasteiger partial charge in [-0.3, -0.25) is 19.3 Å². The molecule has 1 atom stereocenters. The molecule has 2 aromatic carbocycles. The van der Waals surface area contributed by atoms with E-state index in [4.69, 9.17) is 11.6 Å². The molecule has 1 fully saturated rings. The third-order valence-electron chi connectivity index (χ3n) is 5.77. The van der Waals surface area contributed by atoms with Gasteiger partial charge < -0.3 is 9.80 Å². The molecular weight excluding hydrogens is 436 g/mol. The summed E-state index contributed by atoms with van der Waals surface area (Å²) < 4.78 is 1.03. The third-order valence-corrected chi connectivity index (χ3v) is 7.09. The normalized spacial score (nSPS) is 17.4. The Morgan fingerprint density at radius 3 is 2.32 bits per heavy atom. The van der Waals surface area contributed by atoms with Gasteiger partial charge in [-0.2, -0.15) is 0 Å². The minimum absolute atomic E-state index is 0.217. The Labute approximate surface area is 187 Å². The van der Waals surface area contributed by atoms with E-state index in [-0.39, 0.29) is 5.91 Å². The van der Waals surface area contributed by atoms with Gasteiger partial charge in [-0.25, -0.2) is 4.98 Å². The van der Waals surface area contributed by atoms with Gasteiger partial charge in [0.15, 0.2) is 5.13 Å². The molecular formula is C22H19ClN4O3S. The van der Waals surface area contributed by atoms with Crippen LogP contribution in [0.1, 0.15) is 27.6 Å². The summed E-state index contributed by atoms with van der Waals surface area (Å²) in [5.41, 5.74) is 1.61. The van der Waals surface area contributed by atoms with E-state index in [0.717, 1.165) is 20.2 Å². The van der Waals surface area contributed by atoms with Crippen LogP contribution in [0, 0.1) is 0 Å². The number of amides is 3. The van der Waals surface area contributed by atoms with Crippen LogP contribution in [0.5, 0.6) is 0 Å². The van der Waals surface area contributed by atoms with Gasteiger partial charge in [0.25, 0.3) is 11.8 Å². The predicted octanol–water partition coefficient (Wildman–Crippen LogP) is 3.28. The van der Waals surface area contributed by atoms with Gasteiger partial charge in [0.1, 0.15) is 6.04 Å². The molecule has 0 N–H and O–H groups in total. The van der Waals surface area contributed by atoms with Crippen LogP contribution < -0.4 is 4.90 Å². The lowest BCUT2D eigenvalue weighted by Gasteiger charge is -2.36. The van der Waals surface area contributed by atoms with E-state index < -0.39 is 17.9 Å². The average Bonchev–Trinajstić information content (AvgIpc) is 3.32. The number of carbonyl (C=O) groups is 3. The number of anilines is 1. The molecule has 1 saturated heterocycles.